The second-order valence-corrected chi connectivity index (χ2v) is 2.86. The molecule has 0 aromatic heterocycles. The highest BCUT2D eigenvalue weighted by molar-refractivity contribution is 5.78. The van der Waals surface area contributed by atoms with Crippen molar-refractivity contribution in [2.24, 2.45) is 10.7 Å². The third-order valence-corrected chi connectivity index (χ3v) is 1.46. The van der Waals surface area contributed by atoms with Crippen LogP contribution in [0.3, 0.4) is 0 Å². The number of aliphatic imine (C=N–C) groups is 1. The molecular weight excluding hydrogens is 158 g/mol. The summed E-state index contributed by atoms with van der Waals surface area (Å²) in [5.41, 5.74) is 4.65. The van der Waals surface area contributed by atoms with Crippen molar-refractivity contribution in [2.75, 3.05) is 19.8 Å². The molecule has 12 heavy (non-hydrogen) atoms. The fraction of sp³-hybridized carbons (Fsp3) is 0.857. The van der Waals surface area contributed by atoms with Crippen molar-refractivity contribution in [3.63, 3.8) is 0 Å². The van der Waals surface area contributed by atoms with Gasteiger partial charge < -0.3 is 21.3 Å². The number of guanidine groups is 1. The lowest BCUT2D eigenvalue weighted by Gasteiger charge is -2.26. The Morgan fingerprint density at radius 1 is 1.50 bits per heavy atom. The van der Waals surface area contributed by atoms with Gasteiger partial charge in [-0.3, -0.25) is 4.99 Å². The van der Waals surface area contributed by atoms with Crippen molar-refractivity contribution in [3.8, 4) is 0 Å². The Morgan fingerprint density at radius 3 is 2.33 bits per heavy atom. The van der Waals surface area contributed by atoms with Crippen LogP contribution in [0.2, 0.25) is 0 Å². The van der Waals surface area contributed by atoms with Crippen LogP contribution in [0.25, 0.3) is 0 Å². The average Bonchev–Trinajstić information content (AvgIpc) is 2.05. The molecule has 72 valence electrons. The van der Waals surface area contributed by atoms with E-state index in [0.717, 1.165) is 0 Å². The number of nitrogens with zero attached hydrogens (tertiary/aromatic N) is 1. The van der Waals surface area contributed by atoms with Crippen molar-refractivity contribution < 1.29 is 10.2 Å². The molecule has 5 heteroatoms. The summed E-state index contributed by atoms with van der Waals surface area (Å²) >= 11 is 0. The van der Waals surface area contributed by atoms with Gasteiger partial charge in [0, 0.05) is 6.54 Å². The summed E-state index contributed by atoms with van der Waals surface area (Å²) < 4.78 is 0. The average molecular weight is 175 g/mol. The van der Waals surface area contributed by atoms with Crippen molar-refractivity contribution in [1.29, 1.82) is 0 Å². The Labute approximate surface area is 72.3 Å². The largest absolute Gasteiger partial charge is 0.394 e. The van der Waals surface area contributed by atoms with E-state index in [0.29, 0.717) is 6.54 Å². The van der Waals surface area contributed by atoms with Gasteiger partial charge in [-0.25, -0.2) is 0 Å². The third kappa shape index (κ3) is 3.54. The first-order chi connectivity index (χ1) is 5.58. The van der Waals surface area contributed by atoms with Crippen LogP contribution in [0.4, 0.5) is 0 Å². The molecule has 0 rings (SSSR count). The SMILES string of the molecule is CCN=C(N)NC(C)(CO)CO. The van der Waals surface area contributed by atoms with Crippen LogP contribution in [0, 0.1) is 0 Å². The highest BCUT2D eigenvalue weighted by atomic mass is 16.3. The highest BCUT2D eigenvalue weighted by Gasteiger charge is 2.22. The van der Waals surface area contributed by atoms with Crippen LogP contribution in [0.1, 0.15) is 13.8 Å². The van der Waals surface area contributed by atoms with Gasteiger partial charge in [0.1, 0.15) is 0 Å². The Balaban J connectivity index is 4.11. The molecule has 0 aromatic rings. The van der Waals surface area contributed by atoms with Gasteiger partial charge >= 0.3 is 0 Å². The monoisotopic (exact) mass is 175 g/mol. The van der Waals surface area contributed by atoms with Gasteiger partial charge in [0.05, 0.1) is 18.8 Å². The minimum Gasteiger partial charge on any atom is -0.394 e. The van der Waals surface area contributed by atoms with Crippen LogP contribution >= 0.6 is 0 Å². The Kier molecular flexibility index (Phi) is 4.61. The zero-order valence-electron chi connectivity index (χ0n) is 7.54. The van der Waals surface area contributed by atoms with Crippen molar-refractivity contribution in [1.82, 2.24) is 5.32 Å². The lowest BCUT2D eigenvalue weighted by molar-refractivity contribution is 0.119. The van der Waals surface area contributed by atoms with Gasteiger partial charge in [-0.05, 0) is 13.8 Å². The van der Waals surface area contributed by atoms with Gasteiger partial charge in [0.2, 0.25) is 0 Å². The molecule has 0 aliphatic rings. The second-order valence-electron chi connectivity index (χ2n) is 2.86. The molecule has 0 radical (unpaired) electrons. The summed E-state index contributed by atoms with van der Waals surface area (Å²) in [5.74, 6) is 0.239. The lowest BCUT2D eigenvalue weighted by Crippen LogP contribution is -2.54. The fourth-order valence-electron chi connectivity index (χ4n) is 0.648. The summed E-state index contributed by atoms with van der Waals surface area (Å²) in [6.07, 6.45) is 0. The minimum atomic E-state index is -0.789. The van der Waals surface area contributed by atoms with E-state index in [2.05, 4.69) is 10.3 Å². The molecule has 0 amide bonds. The standard InChI is InChI=1S/C7H17N3O2/c1-3-9-6(8)10-7(2,4-11)5-12/h11-12H,3-5H2,1-2H3,(H3,8,9,10). The molecule has 0 aromatic carbocycles. The number of hydrogen-bond donors (Lipinski definition) is 4. The van der Waals surface area contributed by atoms with E-state index in [4.69, 9.17) is 15.9 Å². The maximum absolute atomic E-state index is 8.87. The summed E-state index contributed by atoms with van der Waals surface area (Å²) in [4.78, 5) is 3.87. The molecule has 0 aliphatic carbocycles. The van der Waals surface area contributed by atoms with E-state index >= 15 is 0 Å². The molecule has 5 N–H and O–H groups in total. The number of hydrogen-bond acceptors (Lipinski definition) is 3. The summed E-state index contributed by atoms with van der Waals surface area (Å²) in [5, 5.41) is 20.5. The van der Waals surface area contributed by atoms with Gasteiger partial charge in [0.25, 0.3) is 0 Å². The zero-order chi connectivity index (χ0) is 9.61. The predicted molar refractivity (Wildman–Crippen MR) is 47.9 cm³/mol. The lowest BCUT2D eigenvalue weighted by atomic mass is 10.1. The Hall–Kier alpha value is -0.810. The van der Waals surface area contributed by atoms with Crippen LogP contribution in [-0.2, 0) is 0 Å². The highest BCUT2D eigenvalue weighted by Crippen LogP contribution is 1.99. The van der Waals surface area contributed by atoms with Crippen LogP contribution in [-0.4, -0.2) is 41.5 Å². The summed E-state index contributed by atoms with van der Waals surface area (Å²) in [7, 11) is 0. The third-order valence-electron chi connectivity index (χ3n) is 1.46. The molecule has 0 aliphatic heterocycles. The fourth-order valence-corrected chi connectivity index (χ4v) is 0.648. The first-order valence-electron chi connectivity index (χ1n) is 3.88. The molecule has 5 nitrogen and oxygen atoms in total. The molecule has 0 fully saturated rings. The molecule has 0 spiro atoms. The quantitative estimate of drug-likeness (QED) is 0.314. The van der Waals surface area contributed by atoms with E-state index < -0.39 is 5.54 Å². The van der Waals surface area contributed by atoms with Crippen LogP contribution in [0.15, 0.2) is 4.99 Å². The molecule has 0 saturated heterocycles. The van der Waals surface area contributed by atoms with Crippen molar-refractivity contribution in [3.05, 3.63) is 0 Å². The molecule has 0 unspecified atom stereocenters. The summed E-state index contributed by atoms with van der Waals surface area (Å²) in [6.45, 7) is 3.70. The van der Waals surface area contributed by atoms with E-state index in [1.165, 1.54) is 0 Å². The van der Waals surface area contributed by atoms with E-state index in [9.17, 15) is 0 Å². The molecule has 0 atom stereocenters. The smallest absolute Gasteiger partial charge is 0.189 e. The van der Waals surface area contributed by atoms with Crippen LogP contribution in [0.5, 0.6) is 0 Å². The number of nitrogens with two attached hydrogens (primary N) is 1. The van der Waals surface area contributed by atoms with Crippen molar-refractivity contribution in [2.45, 2.75) is 19.4 Å². The maximum Gasteiger partial charge on any atom is 0.189 e. The zero-order valence-corrected chi connectivity index (χ0v) is 7.54. The van der Waals surface area contributed by atoms with Gasteiger partial charge in [0.15, 0.2) is 5.96 Å². The molecule has 0 saturated carbocycles. The maximum atomic E-state index is 8.87. The van der Waals surface area contributed by atoms with E-state index in [-0.39, 0.29) is 19.2 Å². The van der Waals surface area contributed by atoms with Gasteiger partial charge in [-0.15, -0.1) is 0 Å². The minimum absolute atomic E-state index is 0.191. The Morgan fingerprint density at radius 2 is 2.00 bits per heavy atom. The van der Waals surface area contributed by atoms with Gasteiger partial charge in [-0.2, -0.15) is 0 Å². The van der Waals surface area contributed by atoms with Crippen molar-refractivity contribution >= 4 is 5.96 Å². The van der Waals surface area contributed by atoms with Crippen LogP contribution < -0.4 is 11.1 Å². The molecule has 0 heterocycles. The number of nitrogens with one attached hydrogen (secondary N) is 1. The number of rotatable bonds is 4. The number of aliphatic hydroxyl groups excluding tert-OH is 2. The second kappa shape index (κ2) is 4.95. The molecular formula is C7H17N3O2. The number of aliphatic hydroxyl groups is 2. The first-order valence-corrected chi connectivity index (χ1v) is 3.88. The van der Waals surface area contributed by atoms with E-state index in [1.54, 1.807) is 6.92 Å². The predicted octanol–water partition coefficient (Wildman–Crippen LogP) is -1.35. The van der Waals surface area contributed by atoms with E-state index in [1.807, 2.05) is 6.92 Å². The first kappa shape index (κ1) is 11.2. The summed E-state index contributed by atoms with van der Waals surface area (Å²) in [6, 6.07) is 0. The Bertz CT molecular complexity index is 155. The normalized spacial score (nSPS) is 13.2. The van der Waals surface area contributed by atoms with Gasteiger partial charge in [-0.1, -0.05) is 0 Å². The molecule has 0 bridgehead atoms. The topological polar surface area (TPSA) is 90.9 Å².